The van der Waals surface area contributed by atoms with Gasteiger partial charge in [-0.1, -0.05) is 55.5 Å². The van der Waals surface area contributed by atoms with E-state index in [2.05, 4.69) is 11.4 Å². The van der Waals surface area contributed by atoms with Crippen LogP contribution in [-0.4, -0.2) is 35.4 Å². The summed E-state index contributed by atoms with van der Waals surface area (Å²) in [5.41, 5.74) is 4.77. The standard InChI is InChI=1S/C31H37FN2O3/c1-6-23(4)33-31(36)28(18-25-10-8-7-9-11-25)34(19-26-12-14-27(32)15-13-26)30(35)20-37-29-17-21(2)16-22(3)24(29)5/h7-17,23,28H,6,18-20H2,1-5H3,(H,33,36)/t23-,28-/m0/s1. The molecule has 0 heterocycles. The van der Waals surface area contributed by atoms with E-state index in [1.54, 1.807) is 17.0 Å². The van der Waals surface area contributed by atoms with Gasteiger partial charge in [0.2, 0.25) is 5.91 Å². The Morgan fingerprint density at radius 1 is 0.973 bits per heavy atom. The largest absolute Gasteiger partial charge is 0.483 e. The maximum atomic E-state index is 13.7. The highest BCUT2D eigenvalue weighted by atomic mass is 19.1. The van der Waals surface area contributed by atoms with Crippen molar-refractivity contribution in [3.8, 4) is 5.75 Å². The van der Waals surface area contributed by atoms with Gasteiger partial charge in [-0.15, -0.1) is 0 Å². The molecule has 3 aromatic rings. The van der Waals surface area contributed by atoms with E-state index in [1.807, 2.05) is 71.0 Å². The van der Waals surface area contributed by atoms with Crippen molar-refractivity contribution in [2.24, 2.45) is 0 Å². The molecule has 3 aromatic carbocycles. The van der Waals surface area contributed by atoms with E-state index < -0.39 is 6.04 Å². The molecule has 0 saturated carbocycles. The molecular formula is C31H37FN2O3. The molecule has 0 aliphatic carbocycles. The number of hydrogen-bond acceptors (Lipinski definition) is 3. The molecule has 196 valence electrons. The molecule has 1 N–H and O–H groups in total. The van der Waals surface area contributed by atoms with E-state index in [1.165, 1.54) is 12.1 Å². The smallest absolute Gasteiger partial charge is 0.261 e. The second-order valence-electron chi connectivity index (χ2n) is 9.67. The summed E-state index contributed by atoms with van der Waals surface area (Å²) in [5, 5.41) is 3.04. The van der Waals surface area contributed by atoms with Crippen LogP contribution in [0.1, 0.15) is 48.1 Å². The van der Waals surface area contributed by atoms with Crippen LogP contribution in [0.2, 0.25) is 0 Å². The third-order valence-electron chi connectivity index (χ3n) is 6.65. The van der Waals surface area contributed by atoms with Crippen molar-refractivity contribution in [3.63, 3.8) is 0 Å². The van der Waals surface area contributed by atoms with Crippen LogP contribution in [0.5, 0.6) is 5.75 Å². The van der Waals surface area contributed by atoms with E-state index in [0.29, 0.717) is 12.2 Å². The molecule has 0 unspecified atom stereocenters. The highest BCUT2D eigenvalue weighted by Crippen LogP contribution is 2.24. The van der Waals surface area contributed by atoms with Crippen molar-refractivity contribution >= 4 is 11.8 Å². The molecule has 6 heteroatoms. The fraction of sp³-hybridized carbons (Fsp3) is 0.355. The van der Waals surface area contributed by atoms with Gasteiger partial charge in [0.15, 0.2) is 6.61 Å². The lowest BCUT2D eigenvalue weighted by Gasteiger charge is -2.32. The number of nitrogens with one attached hydrogen (secondary N) is 1. The van der Waals surface area contributed by atoms with Crippen molar-refractivity contribution in [1.82, 2.24) is 10.2 Å². The molecule has 5 nitrogen and oxygen atoms in total. The van der Waals surface area contributed by atoms with E-state index in [9.17, 15) is 14.0 Å². The van der Waals surface area contributed by atoms with Gasteiger partial charge < -0.3 is 15.0 Å². The van der Waals surface area contributed by atoms with Crippen LogP contribution < -0.4 is 10.1 Å². The van der Waals surface area contributed by atoms with E-state index in [0.717, 1.165) is 34.2 Å². The van der Waals surface area contributed by atoms with Gasteiger partial charge >= 0.3 is 0 Å². The van der Waals surface area contributed by atoms with Gasteiger partial charge in [0, 0.05) is 19.0 Å². The number of rotatable bonds is 11. The molecule has 0 aliphatic rings. The molecule has 2 atom stereocenters. The zero-order valence-corrected chi connectivity index (χ0v) is 22.4. The number of halogens is 1. The normalized spacial score (nSPS) is 12.5. The minimum absolute atomic E-state index is 0.0392. The number of benzene rings is 3. The zero-order valence-electron chi connectivity index (χ0n) is 22.4. The van der Waals surface area contributed by atoms with Crippen LogP contribution in [0.15, 0.2) is 66.7 Å². The maximum Gasteiger partial charge on any atom is 0.261 e. The van der Waals surface area contributed by atoms with Gasteiger partial charge in [0.05, 0.1) is 0 Å². The first-order chi connectivity index (χ1) is 17.7. The number of ether oxygens (including phenoxy) is 1. The first kappa shape index (κ1) is 27.9. The van der Waals surface area contributed by atoms with Crippen LogP contribution in [0.25, 0.3) is 0 Å². The summed E-state index contributed by atoms with van der Waals surface area (Å²) in [5.74, 6) is -0.249. The van der Waals surface area contributed by atoms with Gasteiger partial charge in [-0.25, -0.2) is 4.39 Å². The second kappa shape index (κ2) is 13.0. The van der Waals surface area contributed by atoms with E-state index in [4.69, 9.17) is 4.74 Å². The summed E-state index contributed by atoms with van der Waals surface area (Å²) in [6, 6.07) is 18.8. The predicted molar refractivity (Wildman–Crippen MR) is 145 cm³/mol. The van der Waals surface area contributed by atoms with E-state index >= 15 is 0 Å². The molecule has 0 fully saturated rings. The van der Waals surface area contributed by atoms with Crippen molar-refractivity contribution in [2.45, 2.75) is 66.1 Å². The molecule has 0 spiro atoms. The number of nitrogens with zero attached hydrogens (tertiary/aromatic N) is 1. The maximum absolute atomic E-state index is 13.7. The Morgan fingerprint density at radius 3 is 2.30 bits per heavy atom. The molecule has 2 amide bonds. The van der Waals surface area contributed by atoms with Gasteiger partial charge in [-0.2, -0.15) is 0 Å². The highest BCUT2D eigenvalue weighted by Gasteiger charge is 2.31. The van der Waals surface area contributed by atoms with Gasteiger partial charge in [0.25, 0.3) is 5.91 Å². The van der Waals surface area contributed by atoms with Crippen molar-refractivity contribution in [3.05, 3.63) is 100 Å². The Labute approximate surface area is 219 Å². The van der Waals surface area contributed by atoms with Crippen LogP contribution in [0.4, 0.5) is 4.39 Å². The SMILES string of the molecule is CC[C@H](C)NC(=O)[C@H](Cc1ccccc1)N(Cc1ccc(F)cc1)C(=O)COc1cc(C)cc(C)c1C. The third kappa shape index (κ3) is 7.91. The molecule has 3 rings (SSSR count). The molecule has 0 saturated heterocycles. The summed E-state index contributed by atoms with van der Waals surface area (Å²) >= 11 is 0. The van der Waals surface area contributed by atoms with Crippen LogP contribution in [0, 0.1) is 26.6 Å². The fourth-order valence-corrected chi connectivity index (χ4v) is 4.15. The topological polar surface area (TPSA) is 58.6 Å². The van der Waals surface area contributed by atoms with Crippen molar-refractivity contribution in [2.75, 3.05) is 6.61 Å². The van der Waals surface area contributed by atoms with Gasteiger partial charge in [0.1, 0.15) is 17.6 Å². The molecule has 0 aliphatic heterocycles. The Bertz CT molecular complexity index is 1200. The zero-order chi connectivity index (χ0) is 26.9. The first-order valence-electron chi connectivity index (χ1n) is 12.8. The number of aryl methyl sites for hydroxylation is 2. The molecule has 37 heavy (non-hydrogen) atoms. The summed E-state index contributed by atoms with van der Waals surface area (Å²) in [4.78, 5) is 28.8. The Kier molecular flexibility index (Phi) is 9.84. The second-order valence-corrected chi connectivity index (χ2v) is 9.67. The van der Waals surface area contributed by atoms with Crippen molar-refractivity contribution < 1.29 is 18.7 Å². The molecular weight excluding hydrogens is 467 g/mol. The molecule has 0 aromatic heterocycles. The summed E-state index contributed by atoms with van der Waals surface area (Å²) in [6.07, 6.45) is 1.11. The molecule has 0 bridgehead atoms. The van der Waals surface area contributed by atoms with Crippen LogP contribution in [-0.2, 0) is 22.6 Å². The predicted octanol–water partition coefficient (Wildman–Crippen LogP) is 5.68. The fourth-order valence-electron chi connectivity index (χ4n) is 4.15. The number of carbonyl (C=O) groups is 2. The van der Waals surface area contributed by atoms with Crippen LogP contribution in [0.3, 0.4) is 0 Å². The lowest BCUT2D eigenvalue weighted by Crippen LogP contribution is -2.53. The molecule has 0 radical (unpaired) electrons. The summed E-state index contributed by atoms with van der Waals surface area (Å²) < 4.78 is 19.6. The number of amides is 2. The van der Waals surface area contributed by atoms with E-state index in [-0.39, 0.29) is 36.8 Å². The Balaban J connectivity index is 1.94. The minimum atomic E-state index is -0.766. The number of carbonyl (C=O) groups excluding carboxylic acids is 2. The Hall–Kier alpha value is -3.67. The van der Waals surface area contributed by atoms with Crippen molar-refractivity contribution in [1.29, 1.82) is 0 Å². The Morgan fingerprint density at radius 2 is 1.65 bits per heavy atom. The summed E-state index contributed by atoms with van der Waals surface area (Å²) in [7, 11) is 0. The van der Waals surface area contributed by atoms with Gasteiger partial charge in [-0.3, -0.25) is 9.59 Å². The number of hydrogen-bond donors (Lipinski definition) is 1. The van der Waals surface area contributed by atoms with Gasteiger partial charge in [-0.05, 0) is 80.1 Å². The summed E-state index contributed by atoms with van der Waals surface area (Å²) in [6.45, 7) is 9.83. The van der Waals surface area contributed by atoms with Crippen LogP contribution >= 0.6 is 0 Å². The lowest BCUT2D eigenvalue weighted by atomic mass is 10.0. The highest BCUT2D eigenvalue weighted by molar-refractivity contribution is 5.88. The minimum Gasteiger partial charge on any atom is -0.483 e. The monoisotopic (exact) mass is 504 g/mol. The third-order valence-corrected chi connectivity index (χ3v) is 6.65. The quantitative estimate of drug-likeness (QED) is 0.365. The lowest BCUT2D eigenvalue weighted by molar-refractivity contribution is -0.143. The average Bonchev–Trinajstić information content (AvgIpc) is 2.88. The first-order valence-corrected chi connectivity index (χ1v) is 12.8. The average molecular weight is 505 g/mol.